The molecule has 20 heavy (non-hydrogen) atoms. The van der Waals surface area contributed by atoms with E-state index in [1.54, 1.807) is 0 Å². The van der Waals surface area contributed by atoms with Gasteiger partial charge in [0.1, 0.15) is 0 Å². The normalized spacial score (nSPS) is 17.1. The van der Waals surface area contributed by atoms with Crippen LogP contribution < -0.4 is 0 Å². The van der Waals surface area contributed by atoms with Crippen LogP contribution in [0.25, 0.3) is 0 Å². The van der Waals surface area contributed by atoms with E-state index in [0.29, 0.717) is 16.7 Å². The van der Waals surface area contributed by atoms with Crippen molar-refractivity contribution >= 4 is 0 Å². The Morgan fingerprint density at radius 1 is 1.00 bits per heavy atom. The van der Waals surface area contributed by atoms with Gasteiger partial charge in [-0.05, 0) is 35.2 Å². The van der Waals surface area contributed by atoms with Crippen LogP contribution in [0.1, 0.15) is 72.3 Å². The SMILES string of the molecule is CCC(C)(C)CC(C)(/C=C/C(C)c1ccccc1)CC. The molecule has 0 aliphatic carbocycles. The maximum atomic E-state index is 2.46. The van der Waals surface area contributed by atoms with E-state index in [-0.39, 0.29) is 0 Å². The zero-order valence-corrected chi connectivity index (χ0v) is 14.2. The summed E-state index contributed by atoms with van der Waals surface area (Å²) in [6, 6.07) is 10.8. The highest BCUT2D eigenvalue weighted by Crippen LogP contribution is 2.40. The van der Waals surface area contributed by atoms with Gasteiger partial charge in [-0.2, -0.15) is 0 Å². The van der Waals surface area contributed by atoms with Gasteiger partial charge in [-0.1, -0.05) is 90.4 Å². The van der Waals surface area contributed by atoms with Crippen LogP contribution in [0.2, 0.25) is 0 Å². The summed E-state index contributed by atoms with van der Waals surface area (Å²) in [6.45, 7) is 14.1. The highest BCUT2D eigenvalue weighted by molar-refractivity contribution is 5.23. The van der Waals surface area contributed by atoms with Gasteiger partial charge in [-0.25, -0.2) is 0 Å². The molecule has 0 saturated heterocycles. The van der Waals surface area contributed by atoms with Gasteiger partial charge in [0.05, 0.1) is 0 Å². The van der Waals surface area contributed by atoms with Crippen molar-refractivity contribution in [3.05, 3.63) is 48.0 Å². The van der Waals surface area contributed by atoms with Crippen molar-refractivity contribution in [2.45, 2.75) is 66.7 Å². The van der Waals surface area contributed by atoms with E-state index < -0.39 is 0 Å². The molecule has 1 aromatic carbocycles. The standard InChI is InChI=1S/C20H32/c1-7-19(4,5)16-20(6,8-2)15-14-17(3)18-12-10-9-11-13-18/h9-15,17H,7-8,16H2,1-6H3/b15-14+. The molecule has 2 atom stereocenters. The topological polar surface area (TPSA) is 0 Å². The van der Waals surface area contributed by atoms with E-state index in [1.807, 2.05) is 0 Å². The van der Waals surface area contributed by atoms with Crippen molar-refractivity contribution in [2.75, 3.05) is 0 Å². The second-order valence-corrected chi connectivity index (χ2v) is 7.26. The molecule has 0 fully saturated rings. The van der Waals surface area contributed by atoms with E-state index in [0.717, 1.165) is 0 Å². The highest BCUT2D eigenvalue weighted by atomic mass is 14.3. The average Bonchev–Trinajstić information content (AvgIpc) is 2.45. The molecule has 0 N–H and O–H groups in total. The zero-order valence-electron chi connectivity index (χ0n) is 14.2. The lowest BCUT2D eigenvalue weighted by molar-refractivity contribution is 0.209. The first-order valence-electron chi connectivity index (χ1n) is 8.06. The van der Waals surface area contributed by atoms with E-state index in [1.165, 1.54) is 24.8 Å². The van der Waals surface area contributed by atoms with Gasteiger partial charge in [0, 0.05) is 0 Å². The van der Waals surface area contributed by atoms with Crippen LogP contribution in [0, 0.1) is 10.8 Å². The summed E-state index contributed by atoms with van der Waals surface area (Å²) in [5.74, 6) is 0.492. The summed E-state index contributed by atoms with van der Waals surface area (Å²) in [5, 5.41) is 0. The molecule has 0 bridgehead atoms. The van der Waals surface area contributed by atoms with Crippen LogP contribution in [0.5, 0.6) is 0 Å². The molecule has 1 rings (SSSR count). The molecule has 2 unspecified atom stereocenters. The van der Waals surface area contributed by atoms with E-state index in [4.69, 9.17) is 0 Å². The third-order valence-electron chi connectivity index (χ3n) is 4.76. The van der Waals surface area contributed by atoms with Crippen LogP contribution >= 0.6 is 0 Å². The number of benzene rings is 1. The lowest BCUT2D eigenvalue weighted by atomic mass is 9.71. The largest absolute Gasteiger partial charge is 0.0820 e. The fourth-order valence-corrected chi connectivity index (χ4v) is 2.76. The van der Waals surface area contributed by atoms with Gasteiger partial charge in [-0.3, -0.25) is 0 Å². The van der Waals surface area contributed by atoms with Gasteiger partial charge in [0.15, 0.2) is 0 Å². The minimum absolute atomic E-state index is 0.308. The Balaban J connectivity index is 2.79. The maximum absolute atomic E-state index is 2.46. The Morgan fingerprint density at radius 2 is 1.60 bits per heavy atom. The quantitative estimate of drug-likeness (QED) is 0.491. The molecular weight excluding hydrogens is 240 g/mol. The molecule has 0 heteroatoms. The van der Waals surface area contributed by atoms with Crippen LogP contribution in [-0.4, -0.2) is 0 Å². The smallest absolute Gasteiger partial charge is 0.00102 e. The Morgan fingerprint density at radius 3 is 2.10 bits per heavy atom. The number of hydrogen-bond donors (Lipinski definition) is 0. The van der Waals surface area contributed by atoms with Crippen molar-refractivity contribution in [1.82, 2.24) is 0 Å². The predicted molar refractivity (Wildman–Crippen MR) is 91.1 cm³/mol. The van der Waals surface area contributed by atoms with Crippen LogP contribution in [0.4, 0.5) is 0 Å². The van der Waals surface area contributed by atoms with Crippen molar-refractivity contribution in [3.8, 4) is 0 Å². The van der Waals surface area contributed by atoms with E-state index in [2.05, 4.69) is 84.0 Å². The maximum Gasteiger partial charge on any atom is -0.00102 e. The number of allylic oxidation sites excluding steroid dienone is 2. The molecule has 1 aromatic rings. The molecule has 112 valence electrons. The summed E-state index contributed by atoms with van der Waals surface area (Å²) in [6.07, 6.45) is 8.55. The monoisotopic (exact) mass is 272 g/mol. The molecule has 0 amide bonds. The van der Waals surface area contributed by atoms with Crippen molar-refractivity contribution in [1.29, 1.82) is 0 Å². The first-order valence-corrected chi connectivity index (χ1v) is 8.06. The third kappa shape index (κ3) is 5.15. The minimum Gasteiger partial charge on any atom is -0.0820 e. The average molecular weight is 272 g/mol. The summed E-state index contributed by atoms with van der Waals surface area (Å²) < 4.78 is 0. The third-order valence-corrected chi connectivity index (χ3v) is 4.76. The molecule has 0 aromatic heterocycles. The molecule has 0 radical (unpaired) electrons. The summed E-state index contributed by atoms with van der Waals surface area (Å²) in [7, 11) is 0. The summed E-state index contributed by atoms with van der Waals surface area (Å²) >= 11 is 0. The summed E-state index contributed by atoms with van der Waals surface area (Å²) in [5.41, 5.74) is 2.13. The second-order valence-electron chi connectivity index (χ2n) is 7.26. The van der Waals surface area contributed by atoms with Gasteiger partial charge in [-0.15, -0.1) is 0 Å². The molecule has 0 saturated carbocycles. The molecule has 0 spiro atoms. The lowest BCUT2D eigenvalue weighted by Gasteiger charge is -2.34. The van der Waals surface area contributed by atoms with Gasteiger partial charge >= 0.3 is 0 Å². The Kier molecular flexibility index (Phi) is 6.05. The molecule has 0 heterocycles. The molecule has 0 aliphatic rings. The second kappa shape index (κ2) is 7.11. The Hall–Kier alpha value is -1.04. The van der Waals surface area contributed by atoms with Crippen LogP contribution in [0.3, 0.4) is 0 Å². The minimum atomic E-state index is 0.308. The number of rotatable bonds is 7. The van der Waals surface area contributed by atoms with Gasteiger partial charge in [0.25, 0.3) is 0 Å². The van der Waals surface area contributed by atoms with Crippen LogP contribution in [-0.2, 0) is 0 Å². The van der Waals surface area contributed by atoms with Crippen molar-refractivity contribution < 1.29 is 0 Å². The molecular formula is C20H32. The Bertz CT molecular complexity index is 413. The van der Waals surface area contributed by atoms with Crippen molar-refractivity contribution in [2.24, 2.45) is 10.8 Å². The molecule has 0 aliphatic heterocycles. The van der Waals surface area contributed by atoms with Gasteiger partial charge < -0.3 is 0 Å². The summed E-state index contributed by atoms with van der Waals surface area (Å²) in [4.78, 5) is 0. The van der Waals surface area contributed by atoms with Gasteiger partial charge in [0.2, 0.25) is 0 Å². The fourth-order valence-electron chi connectivity index (χ4n) is 2.76. The predicted octanol–water partition coefficient (Wildman–Crippen LogP) is 6.59. The van der Waals surface area contributed by atoms with E-state index >= 15 is 0 Å². The van der Waals surface area contributed by atoms with Crippen LogP contribution in [0.15, 0.2) is 42.5 Å². The first kappa shape index (κ1) is 17.0. The lowest BCUT2D eigenvalue weighted by Crippen LogP contribution is -2.23. The van der Waals surface area contributed by atoms with Crippen molar-refractivity contribution in [3.63, 3.8) is 0 Å². The zero-order chi connectivity index (χ0) is 15.2. The highest BCUT2D eigenvalue weighted by Gasteiger charge is 2.28. The molecule has 0 nitrogen and oxygen atoms in total. The Labute approximate surface area is 126 Å². The fraction of sp³-hybridized carbons (Fsp3) is 0.600. The first-order chi connectivity index (χ1) is 9.32. The number of hydrogen-bond acceptors (Lipinski definition) is 0. The van der Waals surface area contributed by atoms with E-state index in [9.17, 15) is 0 Å².